The van der Waals surface area contributed by atoms with E-state index in [4.69, 9.17) is 16.3 Å². The van der Waals surface area contributed by atoms with E-state index in [1.165, 1.54) is 4.90 Å². The Bertz CT molecular complexity index is 848. The van der Waals surface area contributed by atoms with Crippen molar-refractivity contribution in [3.8, 4) is 6.07 Å². The van der Waals surface area contributed by atoms with E-state index < -0.39 is 33.6 Å². The molecule has 1 heterocycles. The van der Waals surface area contributed by atoms with Crippen LogP contribution in [0.25, 0.3) is 0 Å². The smallest absolute Gasteiger partial charge is 0.410 e. The second-order valence-corrected chi connectivity index (χ2v) is 9.03. The second kappa shape index (κ2) is 7.39. The SMILES string of the molecule is CC(C)(C)OC(=O)N1CCN(S(=O)(=O)c2ccc(F)cc2Cl)[C@@H](C#N)C1. The first-order valence-electron chi connectivity index (χ1n) is 7.80. The molecule has 0 aliphatic carbocycles. The second-order valence-electron chi connectivity index (χ2n) is 6.76. The first-order chi connectivity index (χ1) is 12.0. The van der Waals surface area contributed by atoms with Crippen LogP contribution in [-0.4, -0.2) is 55.0 Å². The fourth-order valence-corrected chi connectivity index (χ4v) is 4.49. The van der Waals surface area contributed by atoms with Gasteiger partial charge in [0.05, 0.1) is 17.6 Å². The summed E-state index contributed by atoms with van der Waals surface area (Å²) in [5.74, 6) is -0.666. The highest BCUT2D eigenvalue weighted by Crippen LogP contribution is 2.28. The molecule has 10 heteroatoms. The van der Waals surface area contributed by atoms with Crippen molar-refractivity contribution >= 4 is 27.7 Å². The quantitative estimate of drug-likeness (QED) is 0.757. The number of carbonyl (C=O) groups excluding carboxylic acids is 1. The molecule has 0 spiro atoms. The largest absolute Gasteiger partial charge is 0.444 e. The van der Waals surface area contributed by atoms with Crippen LogP contribution in [0.3, 0.4) is 0 Å². The van der Waals surface area contributed by atoms with Crippen molar-refractivity contribution in [1.82, 2.24) is 9.21 Å². The van der Waals surface area contributed by atoms with E-state index >= 15 is 0 Å². The lowest BCUT2D eigenvalue weighted by Gasteiger charge is -2.37. The Labute approximate surface area is 156 Å². The number of nitriles is 1. The summed E-state index contributed by atoms with van der Waals surface area (Å²) in [6.45, 7) is 4.96. The molecule has 0 radical (unpaired) electrons. The van der Waals surface area contributed by atoms with Crippen molar-refractivity contribution in [2.24, 2.45) is 0 Å². The maximum atomic E-state index is 13.2. The molecule has 1 aromatic carbocycles. The maximum absolute atomic E-state index is 13.2. The number of benzene rings is 1. The number of halogens is 2. The molecule has 1 aliphatic heterocycles. The molecule has 0 aromatic heterocycles. The van der Waals surface area contributed by atoms with E-state index in [1.807, 2.05) is 6.07 Å². The van der Waals surface area contributed by atoms with Gasteiger partial charge in [0.15, 0.2) is 0 Å². The van der Waals surface area contributed by atoms with E-state index in [9.17, 15) is 22.9 Å². The number of hydrogen-bond acceptors (Lipinski definition) is 5. The summed E-state index contributed by atoms with van der Waals surface area (Å²) in [7, 11) is -4.12. The van der Waals surface area contributed by atoms with Crippen molar-refractivity contribution in [2.45, 2.75) is 37.3 Å². The van der Waals surface area contributed by atoms with E-state index in [0.29, 0.717) is 0 Å². The fourth-order valence-electron chi connectivity index (χ4n) is 2.46. The molecular weight excluding hydrogens is 385 g/mol. The summed E-state index contributed by atoms with van der Waals surface area (Å²) in [5.41, 5.74) is -0.704. The van der Waals surface area contributed by atoms with E-state index in [2.05, 4.69) is 0 Å². The molecular formula is C16H19ClFN3O4S. The fraction of sp³-hybridized carbons (Fsp3) is 0.500. The highest BCUT2D eigenvalue weighted by atomic mass is 35.5. The number of piperazine rings is 1. The van der Waals surface area contributed by atoms with Gasteiger partial charge < -0.3 is 9.64 Å². The predicted molar refractivity (Wildman–Crippen MR) is 92.5 cm³/mol. The molecule has 0 N–H and O–H groups in total. The third-order valence-electron chi connectivity index (χ3n) is 3.61. The van der Waals surface area contributed by atoms with Crippen LogP contribution in [-0.2, 0) is 14.8 Å². The minimum absolute atomic E-state index is 0.0607. The Morgan fingerprint density at radius 2 is 2.04 bits per heavy atom. The van der Waals surface area contributed by atoms with Gasteiger partial charge in [-0.15, -0.1) is 0 Å². The third kappa shape index (κ3) is 4.44. The van der Waals surface area contributed by atoms with Gasteiger partial charge in [-0.25, -0.2) is 17.6 Å². The van der Waals surface area contributed by atoms with Gasteiger partial charge in [0.25, 0.3) is 0 Å². The number of amides is 1. The first-order valence-corrected chi connectivity index (χ1v) is 9.62. The minimum Gasteiger partial charge on any atom is -0.444 e. The molecule has 0 unspecified atom stereocenters. The zero-order valence-electron chi connectivity index (χ0n) is 14.6. The van der Waals surface area contributed by atoms with Crippen molar-refractivity contribution in [3.05, 3.63) is 29.0 Å². The summed E-state index contributed by atoms with van der Waals surface area (Å²) in [4.78, 5) is 13.2. The Hall–Kier alpha value is -1.89. The van der Waals surface area contributed by atoms with Crippen LogP contribution in [0.5, 0.6) is 0 Å². The molecule has 1 atom stereocenters. The van der Waals surface area contributed by atoms with Gasteiger partial charge in [0.2, 0.25) is 10.0 Å². The number of carbonyl (C=O) groups is 1. The Morgan fingerprint density at radius 1 is 1.38 bits per heavy atom. The number of rotatable bonds is 2. The summed E-state index contributed by atoms with van der Waals surface area (Å²) < 4.78 is 45.1. The maximum Gasteiger partial charge on any atom is 0.410 e. The monoisotopic (exact) mass is 403 g/mol. The number of sulfonamides is 1. The highest BCUT2D eigenvalue weighted by molar-refractivity contribution is 7.89. The molecule has 2 rings (SSSR count). The molecule has 0 bridgehead atoms. The van der Waals surface area contributed by atoms with Crippen molar-refractivity contribution < 1.29 is 22.3 Å². The van der Waals surface area contributed by atoms with Gasteiger partial charge in [-0.1, -0.05) is 11.6 Å². The topological polar surface area (TPSA) is 90.7 Å². The van der Waals surface area contributed by atoms with Crippen LogP contribution in [0.2, 0.25) is 5.02 Å². The lowest BCUT2D eigenvalue weighted by Crippen LogP contribution is -2.56. The lowest BCUT2D eigenvalue weighted by atomic mass is 10.2. The zero-order chi connectivity index (χ0) is 19.7. The molecule has 26 heavy (non-hydrogen) atoms. The van der Waals surface area contributed by atoms with Gasteiger partial charge in [-0.2, -0.15) is 9.57 Å². The van der Waals surface area contributed by atoms with Gasteiger partial charge in [-0.05, 0) is 39.0 Å². The standard InChI is InChI=1S/C16H19ClFN3O4S/c1-16(2,3)25-15(22)20-6-7-21(12(9-19)10-20)26(23,24)14-5-4-11(18)8-13(14)17/h4-5,8,12H,6-7,10H2,1-3H3/t12-/m0/s1. The van der Waals surface area contributed by atoms with E-state index in [-0.39, 0.29) is 29.6 Å². The summed E-state index contributed by atoms with van der Waals surface area (Å²) >= 11 is 5.86. The zero-order valence-corrected chi connectivity index (χ0v) is 16.1. The average Bonchev–Trinajstić information content (AvgIpc) is 2.52. The predicted octanol–water partition coefficient (Wildman–Crippen LogP) is 2.61. The summed E-state index contributed by atoms with van der Waals surface area (Å²) in [5, 5.41) is 9.12. The molecule has 1 aliphatic rings. The lowest BCUT2D eigenvalue weighted by molar-refractivity contribution is 0.0162. The van der Waals surface area contributed by atoms with Crippen molar-refractivity contribution in [3.63, 3.8) is 0 Å². The molecule has 142 valence electrons. The molecule has 0 saturated carbocycles. The summed E-state index contributed by atoms with van der Waals surface area (Å²) in [6.07, 6.45) is -0.616. The molecule has 1 aromatic rings. The van der Waals surface area contributed by atoms with Gasteiger partial charge >= 0.3 is 6.09 Å². The molecule has 1 fully saturated rings. The Balaban J connectivity index is 2.24. The van der Waals surface area contributed by atoms with Crippen LogP contribution >= 0.6 is 11.6 Å². The Morgan fingerprint density at radius 3 is 2.58 bits per heavy atom. The van der Waals surface area contributed by atoms with Gasteiger partial charge in [0, 0.05) is 13.1 Å². The minimum atomic E-state index is -4.12. The normalized spacial score (nSPS) is 19.1. The molecule has 1 saturated heterocycles. The number of hydrogen-bond donors (Lipinski definition) is 0. The van der Waals surface area contributed by atoms with E-state index in [1.54, 1.807) is 20.8 Å². The Kier molecular flexibility index (Phi) is 5.80. The first kappa shape index (κ1) is 20.4. The van der Waals surface area contributed by atoms with Crippen LogP contribution in [0, 0.1) is 17.1 Å². The van der Waals surface area contributed by atoms with Crippen LogP contribution < -0.4 is 0 Å². The number of nitrogens with zero attached hydrogens (tertiary/aromatic N) is 3. The number of ether oxygens (including phenoxy) is 1. The van der Waals surface area contributed by atoms with Crippen molar-refractivity contribution in [1.29, 1.82) is 5.26 Å². The average molecular weight is 404 g/mol. The van der Waals surface area contributed by atoms with E-state index in [0.717, 1.165) is 22.5 Å². The molecule has 1 amide bonds. The van der Waals surface area contributed by atoms with Crippen LogP contribution in [0.4, 0.5) is 9.18 Å². The van der Waals surface area contributed by atoms with Gasteiger partial charge in [0.1, 0.15) is 22.4 Å². The van der Waals surface area contributed by atoms with Crippen LogP contribution in [0.15, 0.2) is 23.1 Å². The van der Waals surface area contributed by atoms with Crippen LogP contribution in [0.1, 0.15) is 20.8 Å². The third-order valence-corrected chi connectivity index (χ3v) is 6.00. The van der Waals surface area contributed by atoms with Crippen molar-refractivity contribution in [2.75, 3.05) is 19.6 Å². The van der Waals surface area contributed by atoms with Gasteiger partial charge in [-0.3, -0.25) is 0 Å². The summed E-state index contributed by atoms with van der Waals surface area (Å²) in [6, 6.07) is 3.72. The molecule has 7 nitrogen and oxygen atoms in total. The highest BCUT2D eigenvalue weighted by Gasteiger charge is 2.39.